The van der Waals surface area contributed by atoms with Crippen molar-refractivity contribution in [1.82, 2.24) is 0 Å². The average Bonchev–Trinajstić information content (AvgIpc) is 3.07. The number of hydrogen-bond donors (Lipinski definition) is 0. The molecule has 0 radical (unpaired) electrons. The fourth-order valence-electron chi connectivity index (χ4n) is 9.45. The van der Waals surface area contributed by atoms with E-state index in [0.717, 1.165) is 25.7 Å². The average molecular weight is 483 g/mol. The minimum atomic E-state index is -0.437. The molecule has 35 heavy (non-hydrogen) atoms. The molecule has 0 N–H and O–H groups in total. The lowest BCUT2D eigenvalue weighted by Crippen LogP contribution is -2.57. The number of carbonyl (C=O) groups excluding carboxylic acids is 3. The Balaban J connectivity index is 1.59. The van der Waals surface area contributed by atoms with E-state index in [2.05, 4.69) is 47.6 Å². The van der Waals surface area contributed by atoms with Crippen LogP contribution in [0.5, 0.6) is 0 Å². The standard InChI is InChI=1S/C31H46O4/c1-19(17-21(32)18-20(2)27(34)35-8)22-11-15-31(7)24-9-10-25-28(3,4)26(33)13-14-29(25,5)23(24)12-16-30(22,31)6/h9,18-19,22-23,25H,10-17H2,1-8H3/b20-18+/t19-,22-,23-,25+,29-,30-,31+/m1/s1. The second-order valence-electron chi connectivity index (χ2n) is 13.6. The van der Waals surface area contributed by atoms with E-state index in [1.54, 1.807) is 12.5 Å². The second kappa shape index (κ2) is 8.70. The Kier molecular flexibility index (Phi) is 6.55. The summed E-state index contributed by atoms with van der Waals surface area (Å²) in [5.41, 5.74) is 2.31. The molecule has 4 aliphatic carbocycles. The summed E-state index contributed by atoms with van der Waals surface area (Å²) in [5, 5.41) is 0. The van der Waals surface area contributed by atoms with Crippen LogP contribution in [0.15, 0.2) is 23.3 Å². The Morgan fingerprint density at radius 1 is 1.11 bits per heavy atom. The molecule has 194 valence electrons. The van der Waals surface area contributed by atoms with Crippen LogP contribution in [0.3, 0.4) is 0 Å². The van der Waals surface area contributed by atoms with E-state index in [9.17, 15) is 14.4 Å². The third-order valence-electron chi connectivity index (χ3n) is 11.7. The summed E-state index contributed by atoms with van der Waals surface area (Å²) in [4.78, 5) is 37.3. The Labute approximate surface area is 212 Å². The summed E-state index contributed by atoms with van der Waals surface area (Å²) in [5.74, 6) is 1.77. The van der Waals surface area contributed by atoms with Gasteiger partial charge in [0, 0.05) is 23.8 Å². The molecule has 0 aromatic heterocycles. The lowest BCUT2D eigenvalue weighted by atomic mass is 9.41. The number of methoxy groups -OCH3 is 1. The van der Waals surface area contributed by atoms with Crippen LogP contribution >= 0.6 is 0 Å². The predicted molar refractivity (Wildman–Crippen MR) is 139 cm³/mol. The minimum absolute atomic E-state index is 0.0210. The molecule has 4 heteroatoms. The Morgan fingerprint density at radius 2 is 1.80 bits per heavy atom. The van der Waals surface area contributed by atoms with Gasteiger partial charge < -0.3 is 4.74 Å². The van der Waals surface area contributed by atoms with Gasteiger partial charge in [0.05, 0.1) is 7.11 Å². The van der Waals surface area contributed by atoms with Crippen LogP contribution < -0.4 is 0 Å². The summed E-state index contributed by atoms with van der Waals surface area (Å²) < 4.78 is 4.75. The first kappa shape index (κ1) is 26.4. The number of ether oxygens (including phenoxy) is 1. The number of fused-ring (bicyclic) bond motifs is 5. The quantitative estimate of drug-likeness (QED) is 0.244. The van der Waals surface area contributed by atoms with E-state index < -0.39 is 5.97 Å². The molecule has 0 amide bonds. The highest BCUT2D eigenvalue weighted by Gasteiger charge is 2.65. The van der Waals surface area contributed by atoms with E-state index in [0.29, 0.717) is 35.5 Å². The number of hydrogen-bond acceptors (Lipinski definition) is 4. The van der Waals surface area contributed by atoms with Gasteiger partial charge in [0.1, 0.15) is 5.78 Å². The van der Waals surface area contributed by atoms with Gasteiger partial charge in [-0.15, -0.1) is 0 Å². The van der Waals surface area contributed by atoms with E-state index in [1.165, 1.54) is 32.4 Å². The van der Waals surface area contributed by atoms with Gasteiger partial charge in [0.2, 0.25) is 0 Å². The summed E-state index contributed by atoms with van der Waals surface area (Å²) >= 11 is 0. The highest BCUT2D eigenvalue weighted by molar-refractivity contribution is 5.99. The van der Waals surface area contributed by atoms with E-state index in [-0.39, 0.29) is 33.4 Å². The van der Waals surface area contributed by atoms with E-state index in [1.807, 2.05) is 0 Å². The Morgan fingerprint density at radius 3 is 2.46 bits per heavy atom. The van der Waals surface area contributed by atoms with Gasteiger partial charge in [-0.25, -0.2) is 4.79 Å². The molecule has 3 saturated carbocycles. The van der Waals surface area contributed by atoms with Crippen LogP contribution in [0.4, 0.5) is 0 Å². The van der Waals surface area contributed by atoms with Crippen LogP contribution in [0.1, 0.15) is 99.8 Å². The maximum absolute atomic E-state index is 12.8. The fraction of sp³-hybridized carbons (Fsp3) is 0.774. The smallest absolute Gasteiger partial charge is 0.333 e. The van der Waals surface area contributed by atoms with Crippen LogP contribution in [0.25, 0.3) is 0 Å². The van der Waals surface area contributed by atoms with Crippen LogP contribution in [0.2, 0.25) is 0 Å². The normalized spacial score (nSPS) is 41.3. The molecule has 0 spiro atoms. The number of ketones is 2. The first-order chi connectivity index (χ1) is 16.2. The highest BCUT2D eigenvalue weighted by Crippen LogP contribution is 2.73. The number of carbonyl (C=O) groups is 3. The third kappa shape index (κ3) is 3.80. The fourth-order valence-corrected chi connectivity index (χ4v) is 9.45. The van der Waals surface area contributed by atoms with Gasteiger partial charge in [0.25, 0.3) is 0 Å². The minimum Gasteiger partial charge on any atom is -0.466 e. The van der Waals surface area contributed by atoms with Crippen molar-refractivity contribution >= 4 is 17.5 Å². The summed E-state index contributed by atoms with van der Waals surface area (Å²) in [6.07, 6.45) is 11.9. The zero-order chi connectivity index (χ0) is 26.0. The lowest BCUT2D eigenvalue weighted by Gasteiger charge is -2.63. The largest absolute Gasteiger partial charge is 0.466 e. The van der Waals surface area contributed by atoms with Gasteiger partial charge in [0.15, 0.2) is 5.78 Å². The number of Topliss-reactive ketones (excluding diaryl/α,β-unsaturated/α-hetero) is 1. The SMILES string of the molecule is COC(=O)/C(C)=C/C(=O)C[C@@H](C)[C@H]1CC[C@@]2(C)C3=CC[C@H]4C(C)(C)C(=O)CC[C@]4(C)[C@@H]3CC[C@]12C. The Hall–Kier alpha value is -1.71. The van der Waals surface area contributed by atoms with Crippen molar-refractivity contribution in [3.63, 3.8) is 0 Å². The molecule has 0 aliphatic heterocycles. The summed E-state index contributed by atoms with van der Waals surface area (Å²) in [7, 11) is 1.35. The molecule has 3 fully saturated rings. The van der Waals surface area contributed by atoms with Crippen molar-refractivity contribution in [1.29, 1.82) is 0 Å². The first-order valence-electron chi connectivity index (χ1n) is 13.8. The van der Waals surface area contributed by atoms with Crippen molar-refractivity contribution in [2.24, 2.45) is 45.3 Å². The van der Waals surface area contributed by atoms with E-state index >= 15 is 0 Å². The zero-order valence-corrected chi connectivity index (χ0v) is 23.3. The zero-order valence-electron chi connectivity index (χ0n) is 23.3. The number of allylic oxidation sites excluding steroid dienone is 3. The van der Waals surface area contributed by atoms with Crippen LogP contribution in [-0.2, 0) is 19.1 Å². The molecule has 0 aromatic carbocycles. The first-order valence-corrected chi connectivity index (χ1v) is 13.8. The lowest BCUT2D eigenvalue weighted by molar-refractivity contribution is -0.146. The molecule has 0 bridgehead atoms. The van der Waals surface area contributed by atoms with Gasteiger partial charge in [-0.2, -0.15) is 0 Å². The summed E-state index contributed by atoms with van der Waals surface area (Å²) in [6.45, 7) is 15.7. The highest BCUT2D eigenvalue weighted by atomic mass is 16.5. The maximum atomic E-state index is 12.8. The van der Waals surface area contributed by atoms with Gasteiger partial charge in [-0.3, -0.25) is 9.59 Å². The van der Waals surface area contributed by atoms with Crippen molar-refractivity contribution in [3.05, 3.63) is 23.3 Å². The monoisotopic (exact) mass is 482 g/mol. The molecule has 0 saturated heterocycles. The van der Waals surface area contributed by atoms with Crippen molar-refractivity contribution in [3.8, 4) is 0 Å². The molecule has 4 rings (SSSR count). The van der Waals surface area contributed by atoms with Gasteiger partial charge >= 0.3 is 5.97 Å². The predicted octanol–water partition coefficient (Wildman–Crippen LogP) is 6.88. The second-order valence-corrected chi connectivity index (χ2v) is 13.6. The molecule has 0 aromatic rings. The molecule has 0 unspecified atom stereocenters. The van der Waals surface area contributed by atoms with Gasteiger partial charge in [-0.1, -0.05) is 53.2 Å². The topological polar surface area (TPSA) is 60.4 Å². The van der Waals surface area contributed by atoms with Gasteiger partial charge in [-0.05, 0) is 91.4 Å². The molecule has 7 atom stereocenters. The molecule has 0 heterocycles. The summed E-state index contributed by atoms with van der Waals surface area (Å²) in [6, 6.07) is 0. The molecule has 4 aliphatic rings. The molecular formula is C31H46O4. The maximum Gasteiger partial charge on any atom is 0.333 e. The van der Waals surface area contributed by atoms with Crippen molar-refractivity contribution in [2.75, 3.05) is 7.11 Å². The van der Waals surface area contributed by atoms with E-state index in [4.69, 9.17) is 4.74 Å². The molecular weight excluding hydrogens is 436 g/mol. The van der Waals surface area contributed by atoms with Crippen molar-refractivity contribution in [2.45, 2.75) is 99.8 Å². The number of rotatable bonds is 5. The Bertz CT molecular complexity index is 986. The number of esters is 1. The van der Waals surface area contributed by atoms with Crippen molar-refractivity contribution < 1.29 is 19.1 Å². The third-order valence-corrected chi connectivity index (χ3v) is 11.7. The van der Waals surface area contributed by atoms with Crippen LogP contribution in [0, 0.1) is 45.3 Å². The molecule has 4 nitrogen and oxygen atoms in total. The van der Waals surface area contributed by atoms with Crippen LogP contribution in [-0.4, -0.2) is 24.6 Å².